The largest absolute Gasteiger partial charge is 0.354 e. The number of ketones is 1. The van der Waals surface area contributed by atoms with E-state index in [0.29, 0.717) is 17.1 Å². The molecule has 0 bridgehead atoms. The molecular weight excluding hydrogens is 268 g/mol. The molecule has 2 rings (SSSR count). The van der Waals surface area contributed by atoms with Gasteiger partial charge in [0.15, 0.2) is 5.76 Å². The Hall–Kier alpha value is -2.69. The maximum absolute atomic E-state index is 11.7. The second-order valence-corrected chi connectivity index (χ2v) is 4.68. The SMILES string of the molecule is CC(=O)CC(=O)Nc1c(C)noc1/C=C/c1ccccc1. The van der Waals surface area contributed by atoms with Gasteiger partial charge in [0, 0.05) is 0 Å². The summed E-state index contributed by atoms with van der Waals surface area (Å²) in [6, 6.07) is 9.70. The third-order valence-electron chi connectivity index (χ3n) is 2.79. The fourth-order valence-electron chi connectivity index (χ4n) is 1.80. The number of nitrogens with one attached hydrogen (secondary N) is 1. The van der Waals surface area contributed by atoms with Crippen LogP contribution in [0, 0.1) is 6.92 Å². The zero-order valence-corrected chi connectivity index (χ0v) is 11.9. The molecule has 0 saturated carbocycles. The molecule has 1 aromatic heterocycles. The van der Waals surface area contributed by atoms with Crippen LogP contribution in [0.1, 0.15) is 30.4 Å². The second kappa shape index (κ2) is 6.65. The molecule has 0 aliphatic heterocycles. The Morgan fingerprint density at radius 2 is 1.95 bits per heavy atom. The van der Waals surface area contributed by atoms with E-state index in [0.717, 1.165) is 5.56 Å². The summed E-state index contributed by atoms with van der Waals surface area (Å²) < 4.78 is 5.19. The Bertz CT molecular complexity index is 672. The van der Waals surface area contributed by atoms with E-state index in [2.05, 4.69) is 10.5 Å². The third kappa shape index (κ3) is 4.14. The molecule has 0 spiro atoms. The highest BCUT2D eigenvalue weighted by molar-refractivity contribution is 6.04. The molecule has 0 aliphatic rings. The molecule has 0 fully saturated rings. The van der Waals surface area contributed by atoms with Crippen molar-refractivity contribution in [2.24, 2.45) is 0 Å². The number of anilines is 1. The van der Waals surface area contributed by atoms with E-state index in [-0.39, 0.29) is 18.1 Å². The van der Waals surface area contributed by atoms with Crippen LogP contribution in [-0.4, -0.2) is 16.8 Å². The van der Waals surface area contributed by atoms with E-state index in [4.69, 9.17) is 4.52 Å². The van der Waals surface area contributed by atoms with E-state index in [1.807, 2.05) is 36.4 Å². The lowest BCUT2D eigenvalue weighted by Crippen LogP contribution is -2.15. The lowest BCUT2D eigenvalue weighted by molar-refractivity contribution is -0.124. The summed E-state index contributed by atoms with van der Waals surface area (Å²) in [6.45, 7) is 3.10. The van der Waals surface area contributed by atoms with Gasteiger partial charge in [0.1, 0.15) is 17.2 Å². The van der Waals surface area contributed by atoms with Gasteiger partial charge < -0.3 is 9.84 Å². The molecule has 2 aromatic rings. The van der Waals surface area contributed by atoms with Gasteiger partial charge in [-0.05, 0) is 25.5 Å². The highest BCUT2D eigenvalue weighted by Gasteiger charge is 2.14. The van der Waals surface area contributed by atoms with Crippen LogP contribution in [-0.2, 0) is 9.59 Å². The highest BCUT2D eigenvalue weighted by Crippen LogP contribution is 2.22. The van der Waals surface area contributed by atoms with Gasteiger partial charge >= 0.3 is 0 Å². The zero-order chi connectivity index (χ0) is 15.2. The second-order valence-electron chi connectivity index (χ2n) is 4.68. The Balaban J connectivity index is 2.16. The summed E-state index contributed by atoms with van der Waals surface area (Å²) in [7, 11) is 0. The molecule has 0 radical (unpaired) electrons. The highest BCUT2D eigenvalue weighted by atomic mass is 16.5. The standard InChI is InChI=1S/C16H16N2O3/c1-11(19)10-15(20)17-16-12(2)18-21-14(16)9-8-13-6-4-3-5-7-13/h3-9H,10H2,1-2H3,(H,17,20)/b9-8+. The van der Waals surface area contributed by atoms with E-state index < -0.39 is 0 Å². The topological polar surface area (TPSA) is 72.2 Å². The maximum atomic E-state index is 11.7. The Kier molecular flexibility index (Phi) is 4.66. The number of carbonyl (C=O) groups is 2. The molecule has 1 heterocycles. The van der Waals surface area contributed by atoms with E-state index >= 15 is 0 Å². The summed E-state index contributed by atoms with van der Waals surface area (Å²) in [6.07, 6.45) is 3.44. The van der Waals surface area contributed by atoms with Crippen molar-refractivity contribution in [1.29, 1.82) is 0 Å². The Labute approximate surface area is 122 Å². The number of hydrogen-bond acceptors (Lipinski definition) is 4. The first kappa shape index (κ1) is 14.7. The number of benzene rings is 1. The van der Waals surface area contributed by atoms with Gasteiger partial charge in [-0.25, -0.2) is 0 Å². The van der Waals surface area contributed by atoms with E-state index in [9.17, 15) is 9.59 Å². The minimum Gasteiger partial charge on any atom is -0.354 e. The van der Waals surface area contributed by atoms with Gasteiger partial charge in [0.05, 0.1) is 6.42 Å². The first-order valence-electron chi connectivity index (χ1n) is 6.55. The van der Waals surface area contributed by atoms with Crippen molar-refractivity contribution in [2.75, 3.05) is 5.32 Å². The van der Waals surface area contributed by atoms with Gasteiger partial charge in [-0.15, -0.1) is 0 Å². The number of nitrogens with zero attached hydrogens (tertiary/aromatic N) is 1. The monoisotopic (exact) mass is 284 g/mol. The number of aryl methyl sites for hydroxylation is 1. The summed E-state index contributed by atoms with van der Waals surface area (Å²) in [4.78, 5) is 22.6. The van der Waals surface area contributed by atoms with Crippen molar-refractivity contribution < 1.29 is 14.1 Å². The number of hydrogen-bond donors (Lipinski definition) is 1. The van der Waals surface area contributed by atoms with Gasteiger partial charge in [-0.2, -0.15) is 0 Å². The third-order valence-corrected chi connectivity index (χ3v) is 2.79. The van der Waals surface area contributed by atoms with E-state index in [1.165, 1.54) is 6.92 Å². The molecule has 21 heavy (non-hydrogen) atoms. The number of aromatic nitrogens is 1. The lowest BCUT2D eigenvalue weighted by Gasteiger charge is -2.02. The van der Waals surface area contributed by atoms with Crippen molar-refractivity contribution >= 4 is 29.5 Å². The lowest BCUT2D eigenvalue weighted by atomic mass is 10.2. The molecule has 1 aromatic carbocycles. The Morgan fingerprint density at radius 1 is 1.24 bits per heavy atom. The van der Waals surface area contributed by atoms with Crippen LogP contribution in [0.4, 0.5) is 5.69 Å². The molecule has 5 heteroatoms. The molecule has 5 nitrogen and oxygen atoms in total. The molecular formula is C16H16N2O3. The minimum atomic E-state index is -0.372. The first-order valence-corrected chi connectivity index (χ1v) is 6.55. The quantitative estimate of drug-likeness (QED) is 0.856. The van der Waals surface area contributed by atoms with Crippen LogP contribution in [0.2, 0.25) is 0 Å². The number of rotatable bonds is 5. The van der Waals surface area contributed by atoms with Gasteiger partial charge in [0.2, 0.25) is 5.91 Å². The summed E-state index contributed by atoms with van der Waals surface area (Å²) >= 11 is 0. The van der Waals surface area contributed by atoms with Crippen LogP contribution in [0.15, 0.2) is 34.9 Å². The van der Waals surface area contributed by atoms with E-state index in [1.54, 1.807) is 13.0 Å². The molecule has 1 amide bonds. The average molecular weight is 284 g/mol. The maximum Gasteiger partial charge on any atom is 0.231 e. The number of carbonyl (C=O) groups excluding carboxylic acids is 2. The number of amides is 1. The number of Topliss-reactive ketones (excluding diaryl/α,β-unsaturated/α-hetero) is 1. The van der Waals surface area contributed by atoms with Crippen LogP contribution >= 0.6 is 0 Å². The fourth-order valence-corrected chi connectivity index (χ4v) is 1.80. The van der Waals surface area contributed by atoms with Gasteiger partial charge in [-0.1, -0.05) is 41.6 Å². The predicted octanol–water partition coefficient (Wildman–Crippen LogP) is 3.07. The van der Waals surface area contributed by atoms with Crippen molar-refractivity contribution in [3.63, 3.8) is 0 Å². The van der Waals surface area contributed by atoms with Crippen LogP contribution < -0.4 is 5.32 Å². The van der Waals surface area contributed by atoms with Gasteiger partial charge in [0.25, 0.3) is 0 Å². The van der Waals surface area contributed by atoms with Crippen LogP contribution in [0.25, 0.3) is 12.2 Å². The molecule has 0 saturated heterocycles. The average Bonchev–Trinajstić information content (AvgIpc) is 2.78. The predicted molar refractivity (Wildman–Crippen MR) is 80.5 cm³/mol. The van der Waals surface area contributed by atoms with Crippen LogP contribution in [0.5, 0.6) is 0 Å². The van der Waals surface area contributed by atoms with Crippen molar-refractivity contribution in [3.8, 4) is 0 Å². The molecule has 0 aliphatic carbocycles. The first-order chi connectivity index (χ1) is 10.1. The zero-order valence-electron chi connectivity index (χ0n) is 11.9. The molecule has 0 atom stereocenters. The smallest absolute Gasteiger partial charge is 0.231 e. The van der Waals surface area contributed by atoms with Crippen molar-refractivity contribution in [3.05, 3.63) is 47.3 Å². The fraction of sp³-hybridized carbons (Fsp3) is 0.188. The summed E-state index contributed by atoms with van der Waals surface area (Å²) in [5, 5.41) is 6.49. The molecule has 0 unspecified atom stereocenters. The van der Waals surface area contributed by atoms with Crippen LogP contribution in [0.3, 0.4) is 0 Å². The molecule has 108 valence electrons. The summed E-state index contributed by atoms with van der Waals surface area (Å²) in [5.41, 5.74) is 2.07. The minimum absolute atomic E-state index is 0.160. The molecule has 1 N–H and O–H groups in total. The van der Waals surface area contributed by atoms with Crippen molar-refractivity contribution in [2.45, 2.75) is 20.3 Å². The van der Waals surface area contributed by atoms with Gasteiger partial charge in [-0.3, -0.25) is 9.59 Å². The normalized spacial score (nSPS) is 10.8. The van der Waals surface area contributed by atoms with Crippen molar-refractivity contribution in [1.82, 2.24) is 5.16 Å². The Morgan fingerprint density at radius 3 is 2.62 bits per heavy atom. The summed E-state index contributed by atoms with van der Waals surface area (Å²) in [5.74, 6) is -0.112.